The van der Waals surface area contributed by atoms with Crippen LogP contribution in [-0.2, 0) is 57.2 Å². The van der Waals surface area contributed by atoms with Crippen LogP contribution in [0, 0.1) is 5.92 Å². The molecular formula is C50H91N3O13. The highest BCUT2D eigenvalue weighted by Crippen LogP contribution is 2.14. The van der Waals surface area contributed by atoms with E-state index in [1.807, 2.05) is 13.8 Å². The third-order valence-electron chi connectivity index (χ3n) is 10.8. The first-order valence-corrected chi connectivity index (χ1v) is 25.1. The van der Waals surface area contributed by atoms with Crippen molar-refractivity contribution in [2.45, 2.75) is 181 Å². The Morgan fingerprint density at radius 2 is 0.879 bits per heavy atom. The number of unbranched alkanes of at least 4 members (excludes halogenated alkanes) is 15. The maximum atomic E-state index is 12.6. The van der Waals surface area contributed by atoms with Gasteiger partial charge in [-0.25, -0.2) is 0 Å². The topological polar surface area (TPSA) is 214 Å². The van der Waals surface area contributed by atoms with Gasteiger partial charge in [0.05, 0.1) is 58.9 Å². The van der Waals surface area contributed by atoms with E-state index in [0.717, 1.165) is 38.5 Å². The summed E-state index contributed by atoms with van der Waals surface area (Å²) in [7, 11) is 0. The molecule has 0 bridgehead atoms. The van der Waals surface area contributed by atoms with Gasteiger partial charge in [0.25, 0.3) is 0 Å². The highest BCUT2D eigenvalue weighted by molar-refractivity contribution is 5.92. The molecule has 0 aromatic heterocycles. The maximum absolute atomic E-state index is 12.6. The number of rotatable bonds is 51. The number of aliphatic carboxylic acids is 1. The Hall–Kier alpha value is -3.28. The Morgan fingerprint density at radius 1 is 0.439 bits per heavy atom. The molecule has 2 atom stereocenters. The second kappa shape index (κ2) is 45.5. The molecule has 0 rings (SSSR count). The minimum absolute atomic E-state index is 0.00241. The fourth-order valence-corrected chi connectivity index (χ4v) is 6.57. The average Bonchev–Trinajstić information content (AvgIpc) is 3.28. The number of carboxylic acids is 1. The zero-order valence-electron chi connectivity index (χ0n) is 41.5. The van der Waals surface area contributed by atoms with Gasteiger partial charge in [0.1, 0.15) is 19.3 Å². The molecular weight excluding hydrogens is 851 g/mol. The lowest BCUT2D eigenvalue weighted by atomic mass is 10.0. The summed E-state index contributed by atoms with van der Waals surface area (Å²) in [5.74, 6) is -1.30. The fraction of sp³-hybridized carbons (Fsp3) is 0.840. The summed E-state index contributed by atoms with van der Waals surface area (Å²) >= 11 is 0. The normalized spacial score (nSPS) is 12.2. The highest BCUT2D eigenvalue weighted by atomic mass is 16.5. The van der Waals surface area contributed by atoms with E-state index < -0.39 is 18.1 Å². The van der Waals surface area contributed by atoms with Crippen LogP contribution in [0.4, 0.5) is 0 Å². The van der Waals surface area contributed by atoms with E-state index in [0.29, 0.717) is 110 Å². The van der Waals surface area contributed by atoms with Crippen molar-refractivity contribution in [1.29, 1.82) is 0 Å². The molecule has 16 heteroatoms. The zero-order valence-corrected chi connectivity index (χ0v) is 41.5. The van der Waals surface area contributed by atoms with Crippen molar-refractivity contribution in [2.24, 2.45) is 5.92 Å². The Morgan fingerprint density at radius 3 is 1.39 bits per heavy atom. The first-order chi connectivity index (χ1) is 31.8. The molecule has 0 unspecified atom stereocenters. The first kappa shape index (κ1) is 62.7. The summed E-state index contributed by atoms with van der Waals surface area (Å²) in [5.41, 5.74) is 0.705. The van der Waals surface area contributed by atoms with Crippen molar-refractivity contribution in [3.8, 4) is 0 Å². The quantitative estimate of drug-likeness (QED) is 0.0443. The van der Waals surface area contributed by atoms with Crippen LogP contribution in [0.1, 0.15) is 169 Å². The summed E-state index contributed by atoms with van der Waals surface area (Å²) in [6.45, 7) is 15.3. The molecule has 384 valence electrons. The SMILES string of the molecule is C=C(COCCOCCCC(=O)[C@H](C)NC(=O)[C@H](C)NC(=O)CCCCCCCCCCCCCCCCCCC(=O)O)NCCOCCOCC(=O)CCCOCCOCC(=O)C(C)C. The van der Waals surface area contributed by atoms with Crippen molar-refractivity contribution in [3.05, 3.63) is 12.3 Å². The van der Waals surface area contributed by atoms with Gasteiger partial charge in [-0.05, 0) is 39.5 Å². The van der Waals surface area contributed by atoms with Crippen LogP contribution < -0.4 is 16.0 Å². The lowest BCUT2D eigenvalue weighted by molar-refractivity contribution is -0.137. The molecule has 0 heterocycles. The molecule has 0 aliphatic carbocycles. The van der Waals surface area contributed by atoms with E-state index in [-0.39, 0.29) is 54.7 Å². The predicted molar refractivity (Wildman–Crippen MR) is 256 cm³/mol. The van der Waals surface area contributed by atoms with Crippen LogP contribution >= 0.6 is 0 Å². The number of hydrogen-bond donors (Lipinski definition) is 4. The Bertz CT molecular complexity index is 1280. The third kappa shape index (κ3) is 43.3. The Balaban J connectivity index is 3.62. The molecule has 0 aromatic carbocycles. The van der Waals surface area contributed by atoms with Crippen LogP contribution in [0.3, 0.4) is 0 Å². The van der Waals surface area contributed by atoms with E-state index >= 15 is 0 Å². The van der Waals surface area contributed by atoms with Crippen molar-refractivity contribution >= 4 is 35.1 Å². The predicted octanol–water partition coefficient (Wildman–Crippen LogP) is 7.23. The maximum Gasteiger partial charge on any atom is 0.303 e. The monoisotopic (exact) mass is 942 g/mol. The molecule has 0 fully saturated rings. The molecule has 0 aliphatic heterocycles. The molecule has 66 heavy (non-hydrogen) atoms. The molecule has 0 saturated carbocycles. The van der Waals surface area contributed by atoms with E-state index in [1.165, 1.54) is 64.2 Å². The molecule has 0 aromatic rings. The van der Waals surface area contributed by atoms with E-state index in [1.54, 1.807) is 13.8 Å². The average molecular weight is 942 g/mol. The standard InChI is InChI=1S/C50H91N3O13/c1-41(2)47(56)40-66-37-33-61-29-22-24-45(54)39-65-36-34-63-31-28-51-42(3)38-64-35-32-62-30-23-25-46(55)43(4)53-50(60)44(5)52-48(57)26-20-18-16-14-12-10-8-6-7-9-11-13-15-17-19-21-27-49(58)59/h41,43-44,51H,3,6-40H2,1-2,4-5H3,(H,52,57)(H,53,60)(H,58,59)/t43-,44-/m0/s1. The van der Waals surface area contributed by atoms with Crippen LogP contribution in [-0.4, -0.2) is 138 Å². The van der Waals surface area contributed by atoms with Crippen molar-refractivity contribution in [2.75, 3.05) is 85.8 Å². The molecule has 4 N–H and O–H groups in total. The number of Topliss-reactive ketones (excluding diaryl/α,β-unsaturated/α-hetero) is 3. The largest absolute Gasteiger partial charge is 0.481 e. The first-order valence-electron chi connectivity index (χ1n) is 25.1. The number of carboxylic acid groups (broad SMARTS) is 1. The lowest BCUT2D eigenvalue weighted by Crippen LogP contribution is -2.49. The van der Waals surface area contributed by atoms with Gasteiger partial charge in [-0.1, -0.05) is 110 Å². The lowest BCUT2D eigenvalue weighted by Gasteiger charge is -2.18. The van der Waals surface area contributed by atoms with Crippen molar-refractivity contribution in [1.82, 2.24) is 16.0 Å². The smallest absolute Gasteiger partial charge is 0.303 e. The third-order valence-corrected chi connectivity index (χ3v) is 10.8. The number of ether oxygens (including phenoxy) is 6. The summed E-state index contributed by atoms with van der Waals surface area (Å²) in [6.07, 6.45) is 20.8. The van der Waals surface area contributed by atoms with Gasteiger partial charge in [-0.3, -0.25) is 28.8 Å². The molecule has 0 spiro atoms. The second-order valence-electron chi connectivity index (χ2n) is 17.4. The minimum atomic E-state index is -0.725. The van der Waals surface area contributed by atoms with Gasteiger partial charge in [-0.2, -0.15) is 0 Å². The number of carbonyl (C=O) groups excluding carboxylic acids is 5. The number of amides is 2. The van der Waals surface area contributed by atoms with Gasteiger partial charge < -0.3 is 49.5 Å². The molecule has 16 nitrogen and oxygen atoms in total. The van der Waals surface area contributed by atoms with Gasteiger partial charge in [-0.15, -0.1) is 0 Å². The summed E-state index contributed by atoms with van der Waals surface area (Å²) in [6, 6.07) is -1.39. The minimum Gasteiger partial charge on any atom is -0.481 e. The fourth-order valence-electron chi connectivity index (χ4n) is 6.57. The van der Waals surface area contributed by atoms with E-state index in [4.69, 9.17) is 33.5 Å². The van der Waals surface area contributed by atoms with Gasteiger partial charge >= 0.3 is 5.97 Å². The Kier molecular flexibility index (Phi) is 43.2. The summed E-state index contributed by atoms with van der Waals surface area (Å²) < 4.78 is 32.7. The van der Waals surface area contributed by atoms with Crippen molar-refractivity contribution < 1.29 is 62.3 Å². The summed E-state index contributed by atoms with van der Waals surface area (Å²) in [4.78, 5) is 71.5. The van der Waals surface area contributed by atoms with E-state index in [2.05, 4.69) is 22.5 Å². The number of carbonyl (C=O) groups is 6. The van der Waals surface area contributed by atoms with Crippen LogP contribution in [0.25, 0.3) is 0 Å². The Labute approximate surface area is 397 Å². The number of hydrogen-bond acceptors (Lipinski definition) is 13. The molecule has 2 amide bonds. The molecule has 0 aliphatic rings. The van der Waals surface area contributed by atoms with Crippen LogP contribution in [0.2, 0.25) is 0 Å². The highest BCUT2D eigenvalue weighted by Gasteiger charge is 2.20. The molecule has 0 radical (unpaired) electrons. The van der Waals surface area contributed by atoms with Crippen LogP contribution in [0.5, 0.6) is 0 Å². The number of ketones is 3. The zero-order chi connectivity index (χ0) is 48.9. The second-order valence-corrected chi connectivity index (χ2v) is 17.4. The van der Waals surface area contributed by atoms with E-state index in [9.17, 15) is 28.8 Å². The van der Waals surface area contributed by atoms with Crippen LogP contribution in [0.15, 0.2) is 12.3 Å². The molecule has 0 saturated heterocycles. The van der Waals surface area contributed by atoms with Gasteiger partial charge in [0.2, 0.25) is 11.8 Å². The van der Waals surface area contributed by atoms with Gasteiger partial charge in [0.15, 0.2) is 17.3 Å². The van der Waals surface area contributed by atoms with Crippen molar-refractivity contribution in [3.63, 3.8) is 0 Å². The van der Waals surface area contributed by atoms with Gasteiger partial charge in [0, 0.05) is 57.1 Å². The number of nitrogens with one attached hydrogen (secondary N) is 3. The summed E-state index contributed by atoms with van der Waals surface area (Å²) in [5, 5.41) is 17.3.